The van der Waals surface area contributed by atoms with Gasteiger partial charge in [0.2, 0.25) is 15.0 Å². The number of halogens is 2. The lowest BCUT2D eigenvalue weighted by Crippen LogP contribution is -2.18. The van der Waals surface area contributed by atoms with Gasteiger partial charge in [-0.3, -0.25) is 4.79 Å². The number of hydrogen-bond donors (Lipinski definition) is 1. The Balaban J connectivity index is 1.87. The summed E-state index contributed by atoms with van der Waals surface area (Å²) in [7, 11) is -3.84. The average Bonchev–Trinajstić information content (AvgIpc) is 2.63. The van der Waals surface area contributed by atoms with Crippen LogP contribution >= 0.6 is 34.2 Å². The molecule has 0 aliphatic rings. The minimum Gasteiger partial charge on any atom is -0.321 e. The van der Waals surface area contributed by atoms with Crippen molar-refractivity contribution in [3.8, 4) is 0 Å². The van der Waals surface area contributed by atoms with Gasteiger partial charge in [-0.15, -0.1) is 0 Å². The normalized spacial score (nSPS) is 11.2. The molecule has 28 heavy (non-hydrogen) atoms. The zero-order chi connectivity index (χ0) is 20.3. The lowest BCUT2D eigenvalue weighted by atomic mass is 10.2. The summed E-state index contributed by atoms with van der Waals surface area (Å²) in [6.07, 6.45) is 1.13. The van der Waals surface area contributed by atoms with Crippen LogP contribution in [0.5, 0.6) is 0 Å². The minimum atomic E-state index is -3.84. The van der Waals surface area contributed by atoms with Crippen molar-refractivity contribution in [3.05, 3.63) is 80.1 Å². The number of nitrogens with zero attached hydrogens (tertiary/aromatic N) is 2. The molecular formula is C19H15ClIN3O3S. The van der Waals surface area contributed by atoms with Crippen molar-refractivity contribution in [2.45, 2.75) is 17.8 Å². The number of aryl methyl sites for hydroxylation is 1. The molecular weight excluding hydrogens is 513 g/mol. The van der Waals surface area contributed by atoms with Crippen LogP contribution in [0.25, 0.3) is 0 Å². The van der Waals surface area contributed by atoms with Crippen molar-refractivity contribution < 1.29 is 13.2 Å². The third-order valence-electron chi connectivity index (χ3n) is 3.76. The van der Waals surface area contributed by atoms with Crippen LogP contribution in [0.15, 0.2) is 59.9 Å². The molecule has 1 heterocycles. The standard InChI is InChI=1S/C19H15ClIN3O3S/c1-12-3-2-4-13(9-12)11-28(26,27)19-22-10-16(20)17(24-19)18(25)23-15-7-5-14(21)6-8-15/h2-10H,11H2,1H3,(H,23,25). The molecule has 9 heteroatoms. The molecule has 0 bridgehead atoms. The zero-order valence-electron chi connectivity index (χ0n) is 14.7. The molecule has 0 radical (unpaired) electrons. The molecule has 0 spiro atoms. The minimum absolute atomic E-state index is 0.0301. The topological polar surface area (TPSA) is 89.0 Å². The van der Waals surface area contributed by atoms with E-state index in [-0.39, 0.29) is 16.5 Å². The van der Waals surface area contributed by atoms with E-state index in [0.29, 0.717) is 11.3 Å². The quantitative estimate of drug-likeness (QED) is 0.395. The van der Waals surface area contributed by atoms with Gasteiger partial charge in [0, 0.05) is 9.26 Å². The number of rotatable bonds is 5. The second-order valence-electron chi connectivity index (χ2n) is 6.06. The number of benzene rings is 2. The highest BCUT2D eigenvalue weighted by molar-refractivity contribution is 14.1. The van der Waals surface area contributed by atoms with Crippen molar-refractivity contribution in [1.29, 1.82) is 0 Å². The molecule has 0 aliphatic carbocycles. The fraction of sp³-hybridized carbons (Fsp3) is 0.105. The van der Waals surface area contributed by atoms with Crippen LogP contribution in [-0.4, -0.2) is 24.3 Å². The number of hydrogen-bond acceptors (Lipinski definition) is 5. The van der Waals surface area contributed by atoms with Crippen molar-refractivity contribution in [2.24, 2.45) is 0 Å². The van der Waals surface area contributed by atoms with Crippen LogP contribution < -0.4 is 5.32 Å². The SMILES string of the molecule is Cc1cccc(CS(=O)(=O)c2ncc(Cl)c(C(=O)Nc3ccc(I)cc3)n2)c1. The predicted octanol–water partition coefficient (Wildman–Crippen LogP) is 4.27. The maximum absolute atomic E-state index is 12.7. The third-order valence-corrected chi connectivity index (χ3v) is 6.22. The highest BCUT2D eigenvalue weighted by Crippen LogP contribution is 2.20. The maximum Gasteiger partial charge on any atom is 0.275 e. The van der Waals surface area contributed by atoms with Gasteiger partial charge in [-0.05, 0) is 59.3 Å². The molecule has 0 unspecified atom stereocenters. The highest BCUT2D eigenvalue weighted by atomic mass is 127. The fourth-order valence-corrected chi connectivity index (χ4v) is 4.20. The van der Waals surface area contributed by atoms with Gasteiger partial charge in [0.1, 0.15) is 0 Å². The zero-order valence-corrected chi connectivity index (χ0v) is 18.4. The number of anilines is 1. The van der Waals surface area contributed by atoms with Crippen LogP contribution in [-0.2, 0) is 15.6 Å². The molecule has 3 aromatic rings. The molecule has 6 nitrogen and oxygen atoms in total. The van der Waals surface area contributed by atoms with E-state index in [1.807, 2.05) is 25.1 Å². The van der Waals surface area contributed by atoms with Crippen molar-refractivity contribution in [3.63, 3.8) is 0 Å². The molecule has 1 amide bonds. The Hall–Kier alpha value is -2.04. The van der Waals surface area contributed by atoms with E-state index in [0.717, 1.165) is 15.3 Å². The number of carbonyl (C=O) groups is 1. The van der Waals surface area contributed by atoms with E-state index < -0.39 is 20.9 Å². The van der Waals surface area contributed by atoms with Gasteiger partial charge in [-0.1, -0.05) is 41.4 Å². The van der Waals surface area contributed by atoms with E-state index >= 15 is 0 Å². The molecule has 2 aromatic carbocycles. The van der Waals surface area contributed by atoms with Crippen molar-refractivity contribution in [2.75, 3.05) is 5.32 Å². The number of sulfone groups is 1. The lowest BCUT2D eigenvalue weighted by molar-refractivity contribution is 0.102. The number of nitrogens with one attached hydrogen (secondary N) is 1. The summed E-state index contributed by atoms with van der Waals surface area (Å²) in [4.78, 5) is 20.3. The second kappa shape index (κ2) is 8.54. The van der Waals surface area contributed by atoms with Crippen LogP contribution in [0.4, 0.5) is 5.69 Å². The Morgan fingerprint density at radius 2 is 1.89 bits per heavy atom. The Kier molecular flexibility index (Phi) is 6.31. The largest absolute Gasteiger partial charge is 0.321 e. The highest BCUT2D eigenvalue weighted by Gasteiger charge is 2.23. The maximum atomic E-state index is 12.7. The van der Waals surface area contributed by atoms with Crippen molar-refractivity contribution in [1.82, 2.24) is 9.97 Å². The number of aromatic nitrogens is 2. The van der Waals surface area contributed by atoms with Crippen molar-refractivity contribution >= 4 is 55.6 Å². The Morgan fingerprint density at radius 3 is 2.57 bits per heavy atom. The van der Waals surface area contributed by atoms with Gasteiger partial charge in [-0.2, -0.15) is 0 Å². The summed E-state index contributed by atoms with van der Waals surface area (Å²) in [6, 6.07) is 14.3. The van der Waals surface area contributed by atoms with E-state index in [1.54, 1.807) is 30.3 Å². The molecule has 0 fully saturated rings. The number of amides is 1. The summed E-state index contributed by atoms with van der Waals surface area (Å²) in [5.41, 5.74) is 1.91. The summed E-state index contributed by atoms with van der Waals surface area (Å²) in [6.45, 7) is 1.88. The summed E-state index contributed by atoms with van der Waals surface area (Å²) < 4.78 is 26.4. The Morgan fingerprint density at radius 1 is 1.18 bits per heavy atom. The first kappa shape index (κ1) is 20.7. The van der Waals surface area contributed by atoms with E-state index in [9.17, 15) is 13.2 Å². The molecule has 3 rings (SSSR count). The first-order chi connectivity index (χ1) is 13.2. The van der Waals surface area contributed by atoms with Crippen LogP contribution in [0, 0.1) is 10.5 Å². The van der Waals surface area contributed by atoms with Gasteiger partial charge in [0.25, 0.3) is 5.91 Å². The molecule has 0 atom stereocenters. The second-order valence-corrected chi connectivity index (χ2v) is 9.59. The van der Waals surface area contributed by atoms with E-state index in [1.165, 1.54) is 0 Å². The summed E-state index contributed by atoms with van der Waals surface area (Å²) in [5, 5.41) is 2.18. The average molecular weight is 528 g/mol. The summed E-state index contributed by atoms with van der Waals surface area (Å²) >= 11 is 8.18. The molecule has 1 aromatic heterocycles. The molecule has 0 saturated carbocycles. The van der Waals surface area contributed by atoms with E-state index in [2.05, 4.69) is 37.9 Å². The molecule has 144 valence electrons. The molecule has 0 saturated heterocycles. The third kappa shape index (κ3) is 5.06. The lowest BCUT2D eigenvalue weighted by Gasteiger charge is -2.09. The van der Waals surface area contributed by atoms with Gasteiger partial charge < -0.3 is 5.32 Å². The van der Waals surface area contributed by atoms with Crippen LogP contribution in [0.3, 0.4) is 0 Å². The van der Waals surface area contributed by atoms with E-state index in [4.69, 9.17) is 11.6 Å². The summed E-state index contributed by atoms with van der Waals surface area (Å²) in [5.74, 6) is -0.880. The smallest absolute Gasteiger partial charge is 0.275 e. The first-order valence-corrected chi connectivity index (χ1v) is 11.2. The van der Waals surface area contributed by atoms with Crippen LogP contribution in [0.2, 0.25) is 5.02 Å². The number of carbonyl (C=O) groups excluding carboxylic acids is 1. The van der Waals surface area contributed by atoms with Gasteiger partial charge in [-0.25, -0.2) is 18.4 Å². The Bertz CT molecular complexity index is 1140. The van der Waals surface area contributed by atoms with Gasteiger partial charge in [0.05, 0.1) is 17.0 Å². The molecule has 1 N–H and O–H groups in total. The van der Waals surface area contributed by atoms with Gasteiger partial charge >= 0.3 is 0 Å². The Labute approximate surface area is 181 Å². The monoisotopic (exact) mass is 527 g/mol. The van der Waals surface area contributed by atoms with Gasteiger partial charge in [0.15, 0.2) is 5.69 Å². The fourth-order valence-electron chi connectivity index (χ4n) is 2.47. The first-order valence-electron chi connectivity index (χ1n) is 8.12. The predicted molar refractivity (Wildman–Crippen MR) is 116 cm³/mol. The molecule has 0 aliphatic heterocycles. The van der Waals surface area contributed by atoms with Crippen LogP contribution in [0.1, 0.15) is 21.6 Å².